The summed E-state index contributed by atoms with van der Waals surface area (Å²) in [4.78, 5) is 14.3. The first-order chi connectivity index (χ1) is 8.77. The second-order valence-corrected chi connectivity index (χ2v) is 6.03. The summed E-state index contributed by atoms with van der Waals surface area (Å²) in [5.41, 5.74) is 0. The Labute approximate surface area is 111 Å². The molecule has 1 saturated carbocycles. The maximum absolute atomic E-state index is 12.3. The Hall–Kier alpha value is -0.570. The van der Waals surface area contributed by atoms with Crippen LogP contribution in [0, 0.1) is 5.92 Å². The highest BCUT2D eigenvalue weighted by molar-refractivity contribution is 5.78. The fraction of sp³-hybridized carbons (Fsp3) is 0.933. The van der Waals surface area contributed by atoms with Crippen molar-refractivity contribution in [2.75, 3.05) is 20.1 Å². The van der Waals surface area contributed by atoms with Gasteiger partial charge >= 0.3 is 0 Å². The SMILES string of the molecule is CN(CCC1CCCCN1)C(=O)C1CCCCC1. The van der Waals surface area contributed by atoms with Gasteiger partial charge in [0.15, 0.2) is 0 Å². The molecule has 1 N–H and O–H groups in total. The van der Waals surface area contributed by atoms with E-state index in [1.807, 2.05) is 11.9 Å². The summed E-state index contributed by atoms with van der Waals surface area (Å²) >= 11 is 0. The van der Waals surface area contributed by atoms with Crippen LogP contribution in [0.25, 0.3) is 0 Å². The summed E-state index contributed by atoms with van der Waals surface area (Å²) in [5.74, 6) is 0.716. The zero-order valence-electron chi connectivity index (χ0n) is 11.8. The number of rotatable bonds is 4. The van der Waals surface area contributed by atoms with Crippen LogP contribution in [0.3, 0.4) is 0 Å². The van der Waals surface area contributed by atoms with Crippen LogP contribution in [-0.4, -0.2) is 37.0 Å². The third kappa shape index (κ3) is 3.98. The van der Waals surface area contributed by atoms with Gasteiger partial charge in [-0.05, 0) is 38.6 Å². The standard InChI is InChI=1S/C15H28N2O/c1-17(12-10-14-9-5-6-11-16-14)15(18)13-7-3-2-4-8-13/h13-14,16H,2-12H2,1H3. The van der Waals surface area contributed by atoms with Crippen LogP contribution < -0.4 is 5.32 Å². The Balaban J connectivity index is 1.69. The van der Waals surface area contributed by atoms with Crippen LogP contribution in [0.1, 0.15) is 57.8 Å². The van der Waals surface area contributed by atoms with Crippen molar-refractivity contribution < 1.29 is 4.79 Å². The van der Waals surface area contributed by atoms with Crippen molar-refractivity contribution in [2.24, 2.45) is 5.92 Å². The van der Waals surface area contributed by atoms with Gasteiger partial charge in [-0.15, -0.1) is 0 Å². The summed E-state index contributed by atoms with van der Waals surface area (Å²) in [6.07, 6.45) is 11.1. The molecule has 1 aliphatic heterocycles. The zero-order chi connectivity index (χ0) is 12.8. The molecular formula is C15H28N2O. The smallest absolute Gasteiger partial charge is 0.225 e. The molecule has 18 heavy (non-hydrogen) atoms. The van der Waals surface area contributed by atoms with Gasteiger partial charge in [-0.3, -0.25) is 4.79 Å². The first kappa shape index (κ1) is 13.9. The van der Waals surface area contributed by atoms with Gasteiger partial charge in [-0.1, -0.05) is 25.7 Å². The van der Waals surface area contributed by atoms with Crippen LogP contribution in [-0.2, 0) is 4.79 Å². The van der Waals surface area contributed by atoms with E-state index in [1.165, 1.54) is 38.5 Å². The lowest BCUT2D eigenvalue weighted by atomic mass is 9.88. The van der Waals surface area contributed by atoms with Crippen molar-refractivity contribution >= 4 is 5.91 Å². The second-order valence-electron chi connectivity index (χ2n) is 6.03. The Bertz CT molecular complexity index is 255. The van der Waals surface area contributed by atoms with Gasteiger partial charge in [-0.25, -0.2) is 0 Å². The lowest BCUT2D eigenvalue weighted by Crippen LogP contribution is -2.40. The highest BCUT2D eigenvalue weighted by Crippen LogP contribution is 2.25. The molecule has 1 heterocycles. The Kier molecular flexibility index (Phi) is 5.48. The van der Waals surface area contributed by atoms with E-state index in [1.54, 1.807) is 0 Å². The minimum Gasteiger partial charge on any atom is -0.345 e. The van der Waals surface area contributed by atoms with Gasteiger partial charge in [-0.2, -0.15) is 0 Å². The predicted octanol–water partition coefficient (Wildman–Crippen LogP) is 2.56. The molecule has 3 nitrogen and oxygen atoms in total. The van der Waals surface area contributed by atoms with E-state index in [0.29, 0.717) is 17.9 Å². The molecule has 0 aromatic heterocycles. The first-order valence-electron chi connectivity index (χ1n) is 7.76. The van der Waals surface area contributed by atoms with Crippen LogP contribution in [0.5, 0.6) is 0 Å². The lowest BCUT2D eigenvalue weighted by molar-refractivity contribution is -0.135. The Morgan fingerprint density at radius 3 is 2.50 bits per heavy atom. The molecule has 1 saturated heterocycles. The summed E-state index contributed by atoms with van der Waals surface area (Å²) < 4.78 is 0. The molecule has 2 aliphatic rings. The summed E-state index contributed by atoms with van der Waals surface area (Å²) in [6.45, 7) is 2.08. The van der Waals surface area contributed by atoms with Gasteiger partial charge < -0.3 is 10.2 Å². The second kappa shape index (κ2) is 7.13. The van der Waals surface area contributed by atoms with Crippen LogP contribution >= 0.6 is 0 Å². The lowest BCUT2D eigenvalue weighted by Gasteiger charge is -2.29. The van der Waals surface area contributed by atoms with Crippen molar-refractivity contribution in [1.29, 1.82) is 0 Å². The first-order valence-corrected chi connectivity index (χ1v) is 7.76. The van der Waals surface area contributed by atoms with Gasteiger partial charge in [0.2, 0.25) is 5.91 Å². The van der Waals surface area contributed by atoms with E-state index in [0.717, 1.165) is 32.4 Å². The fourth-order valence-electron chi connectivity index (χ4n) is 3.29. The fourth-order valence-corrected chi connectivity index (χ4v) is 3.29. The number of hydrogen-bond donors (Lipinski definition) is 1. The number of hydrogen-bond acceptors (Lipinski definition) is 2. The highest BCUT2D eigenvalue weighted by atomic mass is 16.2. The summed E-state index contributed by atoms with van der Waals surface area (Å²) in [7, 11) is 1.99. The molecule has 104 valence electrons. The van der Waals surface area contributed by atoms with Crippen molar-refractivity contribution in [1.82, 2.24) is 10.2 Å². The third-order valence-corrected chi connectivity index (χ3v) is 4.56. The molecule has 0 radical (unpaired) electrons. The molecule has 0 aromatic carbocycles. The molecule has 3 heteroatoms. The van der Waals surface area contributed by atoms with Crippen LogP contribution in [0.15, 0.2) is 0 Å². The van der Waals surface area contributed by atoms with Gasteiger partial charge in [0.05, 0.1) is 0 Å². The molecule has 1 unspecified atom stereocenters. The molecular weight excluding hydrogens is 224 g/mol. The molecule has 0 aromatic rings. The summed E-state index contributed by atoms with van der Waals surface area (Å²) in [5, 5.41) is 3.55. The Morgan fingerprint density at radius 2 is 1.83 bits per heavy atom. The number of nitrogens with one attached hydrogen (secondary N) is 1. The van der Waals surface area contributed by atoms with Crippen molar-refractivity contribution in [3.8, 4) is 0 Å². The number of carbonyl (C=O) groups excluding carboxylic acids is 1. The van der Waals surface area contributed by atoms with Crippen LogP contribution in [0.2, 0.25) is 0 Å². The molecule has 0 spiro atoms. The monoisotopic (exact) mass is 252 g/mol. The van der Waals surface area contributed by atoms with E-state index in [9.17, 15) is 4.79 Å². The number of amides is 1. The van der Waals surface area contributed by atoms with Gasteiger partial charge in [0.1, 0.15) is 0 Å². The highest BCUT2D eigenvalue weighted by Gasteiger charge is 2.24. The van der Waals surface area contributed by atoms with Crippen molar-refractivity contribution in [3.63, 3.8) is 0 Å². The molecule has 1 amide bonds. The van der Waals surface area contributed by atoms with Crippen molar-refractivity contribution in [2.45, 2.75) is 63.8 Å². The largest absolute Gasteiger partial charge is 0.345 e. The zero-order valence-corrected chi connectivity index (χ0v) is 11.8. The molecule has 1 aliphatic carbocycles. The molecule has 1 atom stereocenters. The van der Waals surface area contributed by atoms with Gasteiger partial charge in [0, 0.05) is 25.6 Å². The average molecular weight is 252 g/mol. The Morgan fingerprint density at radius 1 is 1.11 bits per heavy atom. The van der Waals surface area contributed by atoms with E-state index < -0.39 is 0 Å². The quantitative estimate of drug-likeness (QED) is 0.834. The minimum absolute atomic E-state index is 0.322. The maximum atomic E-state index is 12.3. The normalized spacial score (nSPS) is 25.9. The van der Waals surface area contributed by atoms with Crippen molar-refractivity contribution in [3.05, 3.63) is 0 Å². The van der Waals surface area contributed by atoms with E-state index >= 15 is 0 Å². The minimum atomic E-state index is 0.322. The van der Waals surface area contributed by atoms with E-state index in [-0.39, 0.29) is 0 Å². The topological polar surface area (TPSA) is 32.3 Å². The molecule has 0 bridgehead atoms. The van der Waals surface area contributed by atoms with Crippen LogP contribution in [0.4, 0.5) is 0 Å². The van der Waals surface area contributed by atoms with E-state index in [4.69, 9.17) is 0 Å². The predicted molar refractivity (Wildman–Crippen MR) is 74.5 cm³/mol. The number of nitrogens with zero attached hydrogens (tertiary/aromatic N) is 1. The average Bonchev–Trinajstić information content (AvgIpc) is 2.46. The number of carbonyl (C=O) groups is 1. The number of piperidine rings is 1. The summed E-state index contributed by atoms with van der Waals surface area (Å²) in [6, 6.07) is 0.639. The molecule has 2 fully saturated rings. The van der Waals surface area contributed by atoms with Gasteiger partial charge in [0.25, 0.3) is 0 Å². The van der Waals surface area contributed by atoms with E-state index in [2.05, 4.69) is 5.32 Å². The maximum Gasteiger partial charge on any atom is 0.225 e. The molecule has 2 rings (SSSR count). The third-order valence-electron chi connectivity index (χ3n) is 4.56.